The summed E-state index contributed by atoms with van der Waals surface area (Å²) in [7, 11) is 0. The Hall–Kier alpha value is -5.98. The monoisotopic (exact) mass is 681 g/mol. The molecule has 0 bridgehead atoms. The van der Waals surface area contributed by atoms with Gasteiger partial charge in [-0.15, -0.1) is 0 Å². The molecule has 262 valence electrons. The largest absolute Gasteiger partial charge is 0.388 e. The van der Waals surface area contributed by atoms with Gasteiger partial charge in [-0.1, -0.05) is 36.4 Å². The first-order valence-electron chi connectivity index (χ1n) is 16.2. The second-order valence-electron chi connectivity index (χ2n) is 12.0. The van der Waals surface area contributed by atoms with Gasteiger partial charge in [0.05, 0.1) is 5.84 Å². The van der Waals surface area contributed by atoms with Gasteiger partial charge >= 0.3 is 0 Å². The summed E-state index contributed by atoms with van der Waals surface area (Å²) in [5.41, 5.74) is 46.6. The molecule has 14 N–H and O–H groups in total. The Balaban J connectivity index is 1.75. The molecule has 0 aliphatic heterocycles. The van der Waals surface area contributed by atoms with Crippen molar-refractivity contribution in [1.29, 1.82) is 0 Å². The standard InChI is InChI=1S/C37H45F2N11/c1-22(40)47-6-2-23-10-24(3-7-48-35(41)42)13-27(12-23)29-16-31(20-33(38)18-29)32-17-30(19-34(39)21-32)28-14-25(4-8-49-36(43)44)11-26(15-28)5-9-50-37(45)46/h10-21H,2-9H2,1H3,(H2,40,47)(H4,41,42,48)(H4,43,44,49)(H4,45,46,50). The first-order chi connectivity index (χ1) is 23.8. The number of amidine groups is 1. The minimum Gasteiger partial charge on any atom is -0.388 e. The van der Waals surface area contributed by atoms with Crippen molar-refractivity contribution in [2.45, 2.75) is 32.6 Å². The molecule has 0 amide bonds. The SMILES string of the molecule is CC(N)=NCCc1cc(CCN=C(N)N)cc(-c2cc(F)cc(-c3cc(F)cc(-c4cc(CCN=C(N)N)cc(CCN=C(N)N)c4)c3)c2)c1. The lowest BCUT2D eigenvalue weighted by atomic mass is 9.92. The molecule has 13 heteroatoms. The number of nitrogens with two attached hydrogens (primary N) is 7. The molecular formula is C37H45F2N11. The Labute approximate surface area is 291 Å². The summed E-state index contributed by atoms with van der Waals surface area (Å²) in [6.45, 7) is 3.42. The van der Waals surface area contributed by atoms with Crippen LogP contribution in [0.25, 0.3) is 33.4 Å². The van der Waals surface area contributed by atoms with Crippen molar-refractivity contribution in [2.24, 2.45) is 60.1 Å². The van der Waals surface area contributed by atoms with E-state index in [1.165, 1.54) is 24.3 Å². The van der Waals surface area contributed by atoms with Crippen molar-refractivity contribution in [3.63, 3.8) is 0 Å². The van der Waals surface area contributed by atoms with Crippen LogP contribution in [0.5, 0.6) is 0 Å². The molecule has 0 atom stereocenters. The molecular weight excluding hydrogens is 636 g/mol. The summed E-state index contributed by atoms with van der Waals surface area (Å²) in [5, 5.41) is 0. The maximum absolute atomic E-state index is 15.3. The van der Waals surface area contributed by atoms with E-state index in [2.05, 4.69) is 26.0 Å². The fourth-order valence-electron chi connectivity index (χ4n) is 5.59. The van der Waals surface area contributed by atoms with Gasteiger partial charge in [0.1, 0.15) is 11.6 Å². The van der Waals surface area contributed by atoms with Gasteiger partial charge in [-0.3, -0.25) is 20.0 Å². The Morgan fingerprint density at radius 2 is 0.660 bits per heavy atom. The summed E-state index contributed by atoms with van der Waals surface area (Å²) in [6, 6.07) is 21.4. The zero-order valence-electron chi connectivity index (χ0n) is 28.2. The molecule has 0 aliphatic rings. The first kappa shape index (κ1) is 36.8. The van der Waals surface area contributed by atoms with E-state index in [4.69, 9.17) is 40.1 Å². The van der Waals surface area contributed by atoms with Crippen LogP contribution in [0.15, 0.2) is 92.8 Å². The number of benzene rings is 4. The fraction of sp³-hybridized carbons (Fsp3) is 0.243. The van der Waals surface area contributed by atoms with Gasteiger partial charge in [0, 0.05) is 26.2 Å². The molecule has 0 radical (unpaired) electrons. The zero-order chi connectivity index (χ0) is 36.2. The smallest absolute Gasteiger partial charge is 0.185 e. The van der Waals surface area contributed by atoms with Gasteiger partial charge in [-0.2, -0.15) is 0 Å². The van der Waals surface area contributed by atoms with E-state index in [0.29, 0.717) is 80.0 Å². The molecule has 50 heavy (non-hydrogen) atoms. The predicted molar refractivity (Wildman–Crippen MR) is 202 cm³/mol. The van der Waals surface area contributed by atoms with Crippen LogP contribution in [-0.2, 0) is 25.7 Å². The number of guanidine groups is 3. The van der Waals surface area contributed by atoms with E-state index in [1.807, 2.05) is 42.5 Å². The van der Waals surface area contributed by atoms with Crippen molar-refractivity contribution >= 4 is 23.7 Å². The molecule has 4 rings (SSSR count). The van der Waals surface area contributed by atoms with E-state index in [0.717, 1.165) is 33.4 Å². The third kappa shape index (κ3) is 11.6. The second-order valence-corrected chi connectivity index (χ2v) is 12.0. The molecule has 0 fully saturated rings. The molecule has 11 nitrogen and oxygen atoms in total. The molecule has 0 saturated carbocycles. The van der Waals surface area contributed by atoms with Crippen LogP contribution >= 0.6 is 0 Å². The maximum Gasteiger partial charge on any atom is 0.185 e. The average Bonchev–Trinajstić information content (AvgIpc) is 3.03. The summed E-state index contributed by atoms with van der Waals surface area (Å²) in [5.74, 6) is -0.401. The quantitative estimate of drug-likeness (QED) is 0.0730. The lowest BCUT2D eigenvalue weighted by Gasteiger charge is -2.13. The van der Waals surface area contributed by atoms with Gasteiger partial charge in [-0.25, -0.2) is 8.78 Å². The molecule has 0 aromatic heterocycles. The molecule has 4 aromatic rings. The minimum absolute atomic E-state index is 0.00288. The molecule has 0 spiro atoms. The van der Waals surface area contributed by atoms with Gasteiger partial charge in [0.15, 0.2) is 17.9 Å². The van der Waals surface area contributed by atoms with Crippen LogP contribution in [0.2, 0.25) is 0 Å². The van der Waals surface area contributed by atoms with Crippen LogP contribution in [0.3, 0.4) is 0 Å². The van der Waals surface area contributed by atoms with E-state index in [-0.39, 0.29) is 17.9 Å². The van der Waals surface area contributed by atoms with E-state index in [9.17, 15) is 0 Å². The molecule has 0 saturated heterocycles. The van der Waals surface area contributed by atoms with E-state index < -0.39 is 11.6 Å². The number of aliphatic imine (C=N–C) groups is 4. The number of hydrogen-bond donors (Lipinski definition) is 7. The first-order valence-corrected chi connectivity index (χ1v) is 16.2. The normalized spacial score (nSPS) is 11.2. The number of nitrogens with zero attached hydrogens (tertiary/aromatic N) is 4. The van der Waals surface area contributed by atoms with Crippen molar-refractivity contribution in [2.75, 3.05) is 26.2 Å². The molecule has 0 aliphatic carbocycles. The second kappa shape index (κ2) is 17.4. The summed E-state index contributed by atoms with van der Waals surface area (Å²) >= 11 is 0. The van der Waals surface area contributed by atoms with Crippen molar-refractivity contribution in [3.8, 4) is 33.4 Å². The highest BCUT2D eigenvalue weighted by Crippen LogP contribution is 2.33. The lowest BCUT2D eigenvalue weighted by Crippen LogP contribution is -2.23. The van der Waals surface area contributed by atoms with Crippen LogP contribution < -0.4 is 40.1 Å². The Morgan fingerprint density at radius 3 is 0.920 bits per heavy atom. The maximum atomic E-state index is 15.3. The summed E-state index contributed by atoms with van der Waals surface area (Å²) in [6.07, 6.45) is 2.32. The van der Waals surface area contributed by atoms with Gasteiger partial charge in [0.2, 0.25) is 0 Å². The summed E-state index contributed by atoms with van der Waals surface area (Å²) < 4.78 is 30.7. The van der Waals surface area contributed by atoms with Gasteiger partial charge in [0.25, 0.3) is 0 Å². The van der Waals surface area contributed by atoms with E-state index >= 15 is 8.78 Å². The average molecular weight is 682 g/mol. The highest BCUT2D eigenvalue weighted by molar-refractivity contribution is 5.79. The predicted octanol–water partition coefficient (Wildman–Crippen LogP) is 3.33. The highest BCUT2D eigenvalue weighted by Gasteiger charge is 2.12. The summed E-state index contributed by atoms with van der Waals surface area (Å²) in [4.78, 5) is 16.6. The minimum atomic E-state index is -0.462. The number of halogens is 2. The Bertz CT molecular complexity index is 1700. The van der Waals surface area contributed by atoms with Gasteiger partial charge in [-0.05, 0) is 125 Å². The van der Waals surface area contributed by atoms with Crippen LogP contribution in [0.1, 0.15) is 29.2 Å². The molecule has 4 aromatic carbocycles. The van der Waals surface area contributed by atoms with Crippen molar-refractivity contribution in [3.05, 3.63) is 107 Å². The van der Waals surface area contributed by atoms with Crippen molar-refractivity contribution in [1.82, 2.24) is 0 Å². The molecule has 0 unspecified atom stereocenters. The lowest BCUT2D eigenvalue weighted by molar-refractivity contribution is 0.626. The van der Waals surface area contributed by atoms with Crippen molar-refractivity contribution < 1.29 is 8.78 Å². The zero-order valence-corrected chi connectivity index (χ0v) is 28.2. The third-order valence-electron chi connectivity index (χ3n) is 7.75. The van der Waals surface area contributed by atoms with Crippen LogP contribution in [-0.4, -0.2) is 49.9 Å². The Kier molecular flexibility index (Phi) is 12.8. The fourth-order valence-corrected chi connectivity index (χ4v) is 5.59. The number of rotatable bonds is 15. The Morgan fingerprint density at radius 1 is 0.400 bits per heavy atom. The number of hydrogen-bond acceptors (Lipinski definition) is 4. The van der Waals surface area contributed by atoms with Crippen LogP contribution in [0, 0.1) is 11.6 Å². The van der Waals surface area contributed by atoms with E-state index in [1.54, 1.807) is 6.92 Å². The third-order valence-corrected chi connectivity index (χ3v) is 7.75. The van der Waals surface area contributed by atoms with Gasteiger partial charge < -0.3 is 40.1 Å². The van der Waals surface area contributed by atoms with Crippen LogP contribution in [0.4, 0.5) is 8.78 Å². The topological polar surface area (TPSA) is 232 Å². The highest BCUT2D eigenvalue weighted by atomic mass is 19.1. The molecule has 0 heterocycles.